The SMILES string of the molecule is c1ccc(-c2nc3cc(-c4ccc(-c5nc(-c6ccc(-c7ccc8c(c7)nc(-c7ccccc7)n8-c7ccccc7)cc6)c6cc(-c7cccc8ccccc78)cc(-c7cccc8ccccc78)c6n5)cc4)ccc3n2-c2ccccc2)cc1. The summed E-state index contributed by atoms with van der Waals surface area (Å²) in [6.07, 6.45) is 0. The van der Waals surface area contributed by atoms with E-state index >= 15 is 0 Å². The second-order valence-corrected chi connectivity index (χ2v) is 21.4. The van der Waals surface area contributed by atoms with Crippen LogP contribution < -0.4 is 0 Å². The number of nitrogens with zero attached hydrogens (tertiary/aromatic N) is 6. The van der Waals surface area contributed by atoms with E-state index in [1.165, 1.54) is 16.2 Å². The van der Waals surface area contributed by atoms with E-state index < -0.39 is 0 Å². The summed E-state index contributed by atoms with van der Waals surface area (Å²) in [5.41, 5.74) is 20.6. The zero-order valence-corrected chi connectivity index (χ0v) is 45.6. The van der Waals surface area contributed by atoms with E-state index in [2.05, 4.69) is 294 Å². The zero-order valence-electron chi connectivity index (χ0n) is 45.6. The average molecular weight is 1070 g/mol. The summed E-state index contributed by atoms with van der Waals surface area (Å²) in [5.74, 6) is 2.45. The van der Waals surface area contributed by atoms with E-state index in [-0.39, 0.29) is 0 Å². The minimum absolute atomic E-state index is 0.644. The van der Waals surface area contributed by atoms with Crippen LogP contribution in [0.2, 0.25) is 0 Å². The lowest BCUT2D eigenvalue weighted by molar-refractivity contribution is 1.10. The number of rotatable bonds is 10. The maximum absolute atomic E-state index is 5.64. The van der Waals surface area contributed by atoms with Gasteiger partial charge in [0.1, 0.15) is 11.6 Å². The van der Waals surface area contributed by atoms with Crippen molar-refractivity contribution in [2.24, 2.45) is 0 Å². The van der Waals surface area contributed by atoms with Crippen LogP contribution in [-0.4, -0.2) is 29.1 Å². The van der Waals surface area contributed by atoms with Gasteiger partial charge in [0, 0.05) is 44.6 Å². The first kappa shape index (κ1) is 48.6. The Morgan fingerprint density at radius 3 is 1.20 bits per heavy atom. The quantitative estimate of drug-likeness (QED) is 0.137. The van der Waals surface area contributed by atoms with Gasteiger partial charge in [-0.1, -0.05) is 243 Å². The highest BCUT2D eigenvalue weighted by Gasteiger charge is 2.22. The fourth-order valence-electron chi connectivity index (χ4n) is 12.3. The van der Waals surface area contributed by atoms with Crippen molar-refractivity contribution in [1.82, 2.24) is 29.1 Å². The molecule has 3 aromatic heterocycles. The molecule has 0 aliphatic heterocycles. The van der Waals surface area contributed by atoms with E-state index in [0.717, 1.165) is 134 Å². The topological polar surface area (TPSA) is 61.4 Å². The van der Waals surface area contributed by atoms with Gasteiger partial charge < -0.3 is 0 Å². The summed E-state index contributed by atoms with van der Waals surface area (Å²) in [7, 11) is 0. The lowest BCUT2D eigenvalue weighted by Gasteiger charge is -2.17. The van der Waals surface area contributed by atoms with Crippen LogP contribution in [0.4, 0.5) is 0 Å². The lowest BCUT2D eigenvalue weighted by atomic mass is 9.89. The normalized spacial score (nSPS) is 11.6. The van der Waals surface area contributed by atoms with Crippen molar-refractivity contribution >= 4 is 54.5 Å². The molecule has 6 heteroatoms. The van der Waals surface area contributed by atoms with E-state index in [1.807, 2.05) is 18.2 Å². The van der Waals surface area contributed by atoms with E-state index in [1.54, 1.807) is 0 Å². The van der Waals surface area contributed by atoms with Gasteiger partial charge in [0.2, 0.25) is 0 Å². The van der Waals surface area contributed by atoms with Crippen molar-refractivity contribution in [3.63, 3.8) is 0 Å². The predicted molar refractivity (Wildman–Crippen MR) is 347 cm³/mol. The Balaban J connectivity index is 0.855. The van der Waals surface area contributed by atoms with Crippen LogP contribution in [0.3, 0.4) is 0 Å². The summed E-state index contributed by atoms with van der Waals surface area (Å²) < 4.78 is 4.51. The number of hydrogen-bond donors (Lipinski definition) is 0. The van der Waals surface area contributed by atoms with Crippen LogP contribution in [-0.2, 0) is 0 Å². The molecule has 0 bridgehead atoms. The van der Waals surface area contributed by atoms with Crippen LogP contribution in [0.25, 0.3) is 156 Å². The Morgan fingerprint density at radius 2 is 0.667 bits per heavy atom. The van der Waals surface area contributed by atoms with Crippen molar-refractivity contribution in [3.05, 3.63) is 303 Å². The molecule has 0 aliphatic carbocycles. The second kappa shape index (κ2) is 20.3. The molecule has 0 aliphatic rings. The highest BCUT2D eigenvalue weighted by atomic mass is 15.1. The van der Waals surface area contributed by atoms with Gasteiger partial charge in [-0.15, -0.1) is 0 Å². The van der Waals surface area contributed by atoms with Crippen LogP contribution >= 0.6 is 0 Å². The third-order valence-corrected chi connectivity index (χ3v) is 16.4. The maximum Gasteiger partial charge on any atom is 0.160 e. The van der Waals surface area contributed by atoms with Gasteiger partial charge in [-0.2, -0.15) is 0 Å². The smallest absolute Gasteiger partial charge is 0.160 e. The maximum atomic E-state index is 5.64. The molecule has 16 rings (SSSR count). The molecule has 0 saturated carbocycles. The van der Waals surface area contributed by atoms with Gasteiger partial charge in [-0.25, -0.2) is 19.9 Å². The minimum Gasteiger partial charge on any atom is -0.292 e. The van der Waals surface area contributed by atoms with Gasteiger partial charge >= 0.3 is 0 Å². The summed E-state index contributed by atoms with van der Waals surface area (Å²) in [4.78, 5) is 21.8. The standard InChI is InChI=1S/C78H50N6/c1-5-21-57(22-6-1)77-79-70-49-59(43-45-72(70)83(77)62-27-9-3-10-28-62)51-35-39-55(40-36-51)74-69-48-61(66-33-17-25-53-19-13-15-31-64(53)66)47-68(67-34-18-26-54-20-14-16-32-65(54)67)75(69)82-76(81-74)56-41-37-52(38-42-56)60-44-46-73-71(50-60)80-78(58-23-7-2-8-24-58)84(73)63-29-11-4-12-30-63/h1-50H. The van der Waals surface area contributed by atoms with Gasteiger partial charge in [-0.05, 0) is 121 Å². The van der Waals surface area contributed by atoms with Crippen LogP contribution in [0, 0.1) is 0 Å². The molecule has 0 amide bonds. The van der Waals surface area contributed by atoms with Crippen molar-refractivity contribution in [2.75, 3.05) is 0 Å². The van der Waals surface area contributed by atoms with Crippen molar-refractivity contribution in [1.29, 1.82) is 0 Å². The molecule has 0 fully saturated rings. The molecule has 16 aromatic rings. The van der Waals surface area contributed by atoms with Gasteiger partial charge in [0.25, 0.3) is 0 Å². The first-order valence-electron chi connectivity index (χ1n) is 28.4. The second-order valence-electron chi connectivity index (χ2n) is 21.4. The van der Waals surface area contributed by atoms with Crippen molar-refractivity contribution in [3.8, 4) is 101 Å². The Bertz CT molecular complexity index is 5140. The molecule has 0 radical (unpaired) electrons. The highest BCUT2D eigenvalue weighted by molar-refractivity contribution is 6.11. The highest BCUT2D eigenvalue weighted by Crippen LogP contribution is 2.43. The van der Waals surface area contributed by atoms with E-state index in [0.29, 0.717) is 5.82 Å². The molecular weight excluding hydrogens is 1020 g/mol. The molecule has 6 nitrogen and oxygen atoms in total. The molecular formula is C78H50N6. The van der Waals surface area contributed by atoms with Crippen molar-refractivity contribution < 1.29 is 0 Å². The summed E-state index contributed by atoms with van der Waals surface area (Å²) in [5, 5.41) is 5.67. The first-order valence-corrected chi connectivity index (χ1v) is 28.4. The van der Waals surface area contributed by atoms with Crippen LogP contribution in [0.5, 0.6) is 0 Å². The molecule has 84 heavy (non-hydrogen) atoms. The Labute approximate surface area is 485 Å². The van der Waals surface area contributed by atoms with Gasteiger partial charge in [0.15, 0.2) is 5.82 Å². The Kier molecular flexibility index (Phi) is 11.8. The zero-order chi connectivity index (χ0) is 55.5. The molecule has 0 spiro atoms. The molecule has 0 unspecified atom stereocenters. The van der Waals surface area contributed by atoms with Crippen LogP contribution in [0.15, 0.2) is 303 Å². The number of fused-ring (bicyclic) bond motifs is 5. The van der Waals surface area contributed by atoms with Gasteiger partial charge in [-0.3, -0.25) is 9.13 Å². The van der Waals surface area contributed by atoms with Crippen molar-refractivity contribution in [2.45, 2.75) is 0 Å². The summed E-state index contributed by atoms with van der Waals surface area (Å²) in [6.45, 7) is 0. The first-order chi connectivity index (χ1) is 41.6. The third kappa shape index (κ3) is 8.52. The lowest BCUT2D eigenvalue weighted by Crippen LogP contribution is -1.98. The Hall–Kier alpha value is -11.3. The molecule has 0 saturated heterocycles. The number of imidazole rings is 2. The fraction of sp³-hybridized carbons (Fsp3) is 0. The van der Waals surface area contributed by atoms with Gasteiger partial charge in [0.05, 0.1) is 33.3 Å². The monoisotopic (exact) mass is 1070 g/mol. The number of hydrogen-bond acceptors (Lipinski definition) is 4. The minimum atomic E-state index is 0.644. The number of para-hydroxylation sites is 2. The fourth-order valence-corrected chi connectivity index (χ4v) is 12.3. The number of aromatic nitrogens is 6. The number of benzene rings is 13. The average Bonchev–Trinajstić information content (AvgIpc) is 3.69. The molecule has 3 heterocycles. The summed E-state index contributed by atoms with van der Waals surface area (Å²) in [6, 6.07) is 108. The predicted octanol–water partition coefficient (Wildman–Crippen LogP) is 20.0. The molecule has 0 atom stereocenters. The molecule has 0 N–H and O–H groups in total. The van der Waals surface area contributed by atoms with Crippen LogP contribution in [0.1, 0.15) is 0 Å². The summed E-state index contributed by atoms with van der Waals surface area (Å²) >= 11 is 0. The largest absolute Gasteiger partial charge is 0.292 e. The van der Waals surface area contributed by atoms with E-state index in [9.17, 15) is 0 Å². The third-order valence-electron chi connectivity index (χ3n) is 16.4. The molecule has 392 valence electrons. The van der Waals surface area contributed by atoms with E-state index in [4.69, 9.17) is 19.9 Å². The Morgan fingerprint density at radius 1 is 0.238 bits per heavy atom. The molecule has 13 aromatic carbocycles.